The zero-order valence-electron chi connectivity index (χ0n) is 17.4. The lowest BCUT2D eigenvalue weighted by Crippen LogP contribution is -2.32. The number of carbonyl (C=O) groups is 1. The molecule has 12 heteroatoms. The van der Waals surface area contributed by atoms with Crippen LogP contribution in [0.25, 0.3) is 0 Å². The first kappa shape index (κ1) is 26.7. The Labute approximate surface area is 199 Å². The molecule has 6 nitrogen and oxygen atoms in total. The first-order valence-corrected chi connectivity index (χ1v) is 11.7. The maximum atomic E-state index is 13.2. The number of Topliss-reactive ketones (excluding diaryl/α,β-unsaturated/α-hetero) is 1. The average molecular weight is 523 g/mol. The second kappa shape index (κ2) is 11.0. The van der Waals surface area contributed by atoms with Crippen LogP contribution in [0.2, 0.25) is 5.02 Å². The molecule has 178 valence electrons. The molecule has 0 spiro atoms. The number of rotatable bonds is 9. The minimum Gasteiger partial charge on any atom is -0.496 e. The van der Waals surface area contributed by atoms with E-state index in [-0.39, 0.29) is 35.1 Å². The highest BCUT2D eigenvalue weighted by Gasteiger charge is 2.35. The largest absolute Gasteiger partial charge is 0.496 e. The van der Waals surface area contributed by atoms with Crippen molar-refractivity contribution in [2.24, 2.45) is 4.99 Å². The minimum absolute atomic E-state index is 0.108. The van der Waals surface area contributed by atoms with Crippen LogP contribution in [-0.2, 0) is 16.2 Å². The van der Waals surface area contributed by atoms with Crippen LogP contribution in [0.5, 0.6) is 5.75 Å². The summed E-state index contributed by atoms with van der Waals surface area (Å²) in [6, 6.07) is 8.37. The summed E-state index contributed by atoms with van der Waals surface area (Å²) in [6.45, 7) is 1.73. The molecule has 0 fully saturated rings. The van der Waals surface area contributed by atoms with Gasteiger partial charge in [-0.3, -0.25) is 14.5 Å². The third kappa shape index (κ3) is 6.49. The van der Waals surface area contributed by atoms with Crippen molar-refractivity contribution in [2.75, 3.05) is 19.5 Å². The number of methoxy groups -OCH3 is 1. The Morgan fingerprint density at radius 3 is 2.45 bits per heavy atom. The van der Waals surface area contributed by atoms with E-state index in [9.17, 15) is 26.4 Å². The zero-order valence-corrected chi connectivity index (χ0v) is 19.7. The highest BCUT2D eigenvalue weighted by atomic mass is 35.5. The predicted octanol–water partition coefficient (Wildman–Crippen LogP) is 5.11. The Morgan fingerprint density at radius 1 is 1.21 bits per heavy atom. The van der Waals surface area contributed by atoms with E-state index in [2.05, 4.69) is 9.71 Å². The van der Waals surface area contributed by atoms with Crippen LogP contribution in [0.3, 0.4) is 0 Å². The summed E-state index contributed by atoms with van der Waals surface area (Å²) in [7, 11) is -3.21. The standard InChI is InChI=1S/C21H19Cl2F3N2O4S/c1-3-27-19(20(29)14-6-4-5-7-18(14)32-2)17(10-11-22)28-33(30,31)13-8-9-16(23)15(12-13)21(24,25)26/h4-10,12,28H,3,11H2,1-2H3/b17-10+,27-19?. The molecule has 2 rings (SSSR count). The molecule has 2 aromatic rings. The van der Waals surface area contributed by atoms with Crippen molar-refractivity contribution in [3.8, 4) is 5.75 Å². The SMILES string of the molecule is CCN=C(C(=O)c1ccccc1OC)/C(=C\CCl)NS(=O)(=O)c1ccc(Cl)c(C(F)(F)F)c1. The fourth-order valence-corrected chi connectivity index (χ4v) is 4.24. The van der Waals surface area contributed by atoms with E-state index < -0.39 is 37.5 Å². The quantitative estimate of drug-likeness (QED) is 0.281. The van der Waals surface area contributed by atoms with Gasteiger partial charge in [0, 0.05) is 12.4 Å². The molecule has 2 aromatic carbocycles. The van der Waals surface area contributed by atoms with Gasteiger partial charge in [-0.15, -0.1) is 11.6 Å². The number of alkyl halides is 4. The van der Waals surface area contributed by atoms with Crippen LogP contribution < -0.4 is 9.46 Å². The molecule has 0 heterocycles. The van der Waals surface area contributed by atoms with Gasteiger partial charge in [0.1, 0.15) is 11.5 Å². The Bertz CT molecular complexity index is 1200. The van der Waals surface area contributed by atoms with E-state index >= 15 is 0 Å². The number of sulfonamides is 1. The van der Waals surface area contributed by atoms with Gasteiger partial charge < -0.3 is 4.74 Å². The molecular weight excluding hydrogens is 504 g/mol. The van der Waals surface area contributed by atoms with Crippen molar-refractivity contribution in [1.29, 1.82) is 0 Å². The third-order valence-electron chi connectivity index (χ3n) is 4.22. The molecule has 0 aliphatic heterocycles. The number of nitrogens with zero attached hydrogens (tertiary/aromatic N) is 1. The van der Waals surface area contributed by atoms with Crippen LogP contribution in [0.15, 0.2) is 64.1 Å². The number of halogens is 5. The van der Waals surface area contributed by atoms with E-state index in [1.54, 1.807) is 19.1 Å². The van der Waals surface area contributed by atoms with Crippen LogP contribution in [0.1, 0.15) is 22.8 Å². The van der Waals surface area contributed by atoms with Gasteiger partial charge in [-0.05, 0) is 43.3 Å². The van der Waals surface area contributed by atoms with E-state index in [0.717, 1.165) is 12.1 Å². The number of para-hydroxylation sites is 1. The molecule has 0 saturated heterocycles. The van der Waals surface area contributed by atoms with Crippen molar-refractivity contribution < 1.29 is 31.1 Å². The lowest BCUT2D eigenvalue weighted by Gasteiger charge is -2.16. The lowest BCUT2D eigenvalue weighted by molar-refractivity contribution is -0.137. The highest BCUT2D eigenvalue weighted by Crippen LogP contribution is 2.36. The molecule has 0 bridgehead atoms. The number of allylic oxidation sites excluding steroid dienone is 2. The van der Waals surface area contributed by atoms with Crippen LogP contribution >= 0.6 is 23.2 Å². The summed E-state index contributed by atoms with van der Waals surface area (Å²) in [5.41, 5.74) is -1.78. The van der Waals surface area contributed by atoms with Crippen molar-refractivity contribution in [3.05, 3.63) is 70.4 Å². The van der Waals surface area contributed by atoms with Gasteiger partial charge in [0.2, 0.25) is 5.78 Å². The Balaban J connectivity index is 2.54. The topological polar surface area (TPSA) is 84.8 Å². The van der Waals surface area contributed by atoms with Gasteiger partial charge in [-0.2, -0.15) is 13.2 Å². The second-order valence-corrected chi connectivity index (χ2v) is 8.77. The summed E-state index contributed by atoms with van der Waals surface area (Å²) >= 11 is 11.3. The third-order valence-corrected chi connectivity index (χ3v) is 6.06. The Morgan fingerprint density at radius 2 is 1.88 bits per heavy atom. The summed E-state index contributed by atoms with van der Waals surface area (Å²) in [4.78, 5) is 16.6. The minimum atomic E-state index is -4.87. The zero-order chi connectivity index (χ0) is 24.8. The normalized spacial score (nSPS) is 13.1. The van der Waals surface area contributed by atoms with Crippen molar-refractivity contribution in [1.82, 2.24) is 4.72 Å². The maximum absolute atomic E-state index is 13.2. The molecule has 0 aliphatic carbocycles. The summed E-state index contributed by atoms with van der Waals surface area (Å²) in [6.07, 6.45) is -3.69. The van der Waals surface area contributed by atoms with Gasteiger partial charge in [0.25, 0.3) is 10.0 Å². The molecule has 1 N–H and O–H groups in total. The fraction of sp³-hybridized carbons (Fsp3) is 0.238. The van der Waals surface area contributed by atoms with Crippen LogP contribution in [0.4, 0.5) is 13.2 Å². The van der Waals surface area contributed by atoms with Crippen molar-refractivity contribution in [2.45, 2.75) is 18.0 Å². The monoisotopic (exact) mass is 522 g/mol. The van der Waals surface area contributed by atoms with E-state index in [0.29, 0.717) is 6.07 Å². The number of ether oxygens (including phenoxy) is 1. The lowest BCUT2D eigenvalue weighted by atomic mass is 10.0. The number of carbonyl (C=O) groups excluding carboxylic acids is 1. The van der Waals surface area contributed by atoms with Crippen LogP contribution in [0, 0.1) is 0 Å². The molecule has 0 amide bonds. The Kier molecular flexibility index (Phi) is 8.93. The summed E-state index contributed by atoms with van der Waals surface area (Å²) < 4.78 is 72.7. The molecule has 0 atom stereocenters. The van der Waals surface area contributed by atoms with E-state index in [1.807, 2.05) is 0 Å². The summed E-state index contributed by atoms with van der Waals surface area (Å²) in [5, 5.41) is -0.655. The molecular formula is C21H19Cl2F3N2O4S. The van der Waals surface area contributed by atoms with Gasteiger partial charge in [-0.25, -0.2) is 8.42 Å². The van der Waals surface area contributed by atoms with Gasteiger partial charge in [0.15, 0.2) is 0 Å². The van der Waals surface area contributed by atoms with Crippen molar-refractivity contribution >= 4 is 44.7 Å². The van der Waals surface area contributed by atoms with Crippen LogP contribution in [-0.4, -0.2) is 39.4 Å². The Hall–Kier alpha value is -2.56. The number of ketones is 1. The first-order chi connectivity index (χ1) is 15.5. The number of aliphatic imine (C=N–C) groups is 1. The van der Waals surface area contributed by atoms with E-state index in [4.69, 9.17) is 27.9 Å². The van der Waals surface area contributed by atoms with Gasteiger partial charge in [0.05, 0.1) is 33.9 Å². The maximum Gasteiger partial charge on any atom is 0.417 e. The molecule has 0 saturated carbocycles. The number of hydrogen-bond donors (Lipinski definition) is 1. The predicted molar refractivity (Wildman–Crippen MR) is 121 cm³/mol. The number of benzene rings is 2. The van der Waals surface area contributed by atoms with Gasteiger partial charge >= 0.3 is 6.18 Å². The highest BCUT2D eigenvalue weighted by molar-refractivity contribution is 7.89. The molecule has 0 unspecified atom stereocenters. The fourth-order valence-electron chi connectivity index (χ4n) is 2.75. The number of nitrogens with one attached hydrogen (secondary N) is 1. The molecule has 0 radical (unpaired) electrons. The molecule has 0 aromatic heterocycles. The van der Waals surface area contributed by atoms with Crippen molar-refractivity contribution in [3.63, 3.8) is 0 Å². The van der Waals surface area contributed by atoms with E-state index in [1.165, 1.54) is 25.3 Å². The second-order valence-electron chi connectivity index (χ2n) is 6.37. The smallest absolute Gasteiger partial charge is 0.417 e. The van der Waals surface area contributed by atoms with Gasteiger partial charge in [-0.1, -0.05) is 23.7 Å². The number of hydrogen-bond acceptors (Lipinski definition) is 5. The first-order valence-electron chi connectivity index (χ1n) is 9.34. The molecule has 0 aliphatic rings. The molecule has 33 heavy (non-hydrogen) atoms. The average Bonchev–Trinajstić information content (AvgIpc) is 2.76. The summed E-state index contributed by atoms with van der Waals surface area (Å²) in [5.74, 6) is -0.652.